The third kappa shape index (κ3) is 3.52. The average molecular weight is 427 g/mol. The van der Waals surface area contributed by atoms with Gasteiger partial charge in [0.1, 0.15) is 6.54 Å². The van der Waals surface area contributed by atoms with E-state index in [4.69, 9.17) is 28.5 Å². The van der Waals surface area contributed by atoms with Gasteiger partial charge in [-0.05, 0) is 36.0 Å². The summed E-state index contributed by atoms with van der Waals surface area (Å²) in [4.78, 5) is 17.3. The molecule has 28 heavy (non-hydrogen) atoms. The van der Waals surface area contributed by atoms with Gasteiger partial charge in [0.25, 0.3) is 5.91 Å². The van der Waals surface area contributed by atoms with Gasteiger partial charge in [-0.3, -0.25) is 4.79 Å². The third-order valence-electron chi connectivity index (χ3n) is 4.15. The predicted octanol–water partition coefficient (Wildman–Crippen LogP) is 5.36. The second-order valence-corrected chi connectivity index (χ2v) is 7.76. The van der Waals surface area contributed by atoms with Gasteiger partial charge in [-0.2, -0.15) is 5.26 Å². The molecule has 2 aromatic carbocycles. The van der Waals surface area contributed by atoms with Crippen molar-refractivity contribution in [2.24, 2.45) is 4.99 Å². The van der Waals surface area contributed by atoms with Crippen LogP contribution in [0.5, 0.6) is 0 Å². The number of para-hydroxylation sites is 1. The molecule has 0 saturated carbocycles. The molecule has 8 heteroatoms. The molecule has 3 aromatic rings. The van der Waals surface area contributed by atoms with E-state index in [0.29, 0.717) is 25.8 Å². The Morgan fingerprint density at radius 3 is 2.86 bits per heavy atom. The molecule has 0 atom stereocenters. The molecule has 0 aliphatic carbocycles. The van der Waals surface area contributed by atoms with Crippen LogP contribution in [0.15, 0.2) is 58.6 Å². The van der Waals surface area contributed by atoms with Crippen molar-refractivity contribution in [3.8, 4) is 6.07 Å². The van der Waals surface area contributed by atoms with E-state index in [9.17, 15) is 4.79 Å². The standard InChI is InChI=1S/C20H12Cl2N4OS/c21-14-5-3-6-15(18(14)22)24-20-25-19(27)17(28-20)10-12-11-26(9-8-23)16-7-2-1-4-13(12)16/h1-7,10-11H,9H2,(H,24,25,27)/b17-10+. The number of aliphatic imine (C=N–C) groups is 1. The molecule has 0 bridgehead atoms. The minimum atomic E-state index is -0.237. The average Bonchev–Trinajstić information content (AvgIpc) is 3.20. The van der Waals surface area contributed by atoms with Crippen LogP contribution in [0.1, 0.15) is 5.56 Å². The molecule has 138 valence electrons. The van der Waals surface area contributed by atoms with Crippen LogP contribution in [-0.4, -0.2) is 15.6 Å². The Bertz CT molecular complexity index is 1210. The number of amidine groups is 1. The Labute approximate surface area is 175 Å². The molecule has 1 aliphatic heterocycles. The number of nitrogens with zero attached hydrogens (tertiary/aromatic N) is 3. The third-order valence-corrected chi connectivity index (χ3v) is 5.87. The van der Waals surface area contributed by atoms with Crippen molar-refractivity contribution in [3.63, 3.8) is 0 Å². The van der Waals surface area contributed by atoms with Gasteiger partial charge < -0.3 is 9.88 Å². The van der Waals surface area contributed by atoms with Crippen LogP contribution in [-0.2, 0) is 11.3 Å². The highest BCUT2D eigenvalue weighted by Crippen LogP contribution is 2.35. The lowest BCUT2D eigenvalue weighted by molar-refractivity contribution is -0.115. The quantitative estimate of drug-likeness (QED) is 0.572. The van der Waals surface area contributed by atoms with Crippen molar-refractivity contribution in [2.45, 2.75) is 6.54 Å². The monoisotopic (exact) mass is 426 g/mol. The minimum Gasteiger partial charge on any atom is -0.333 e. The van der Waals surface area contributed by atoms with Gasteiger partial charge >= 0.3 is 0 Å². The Hall–Kier alpha value is -2.72. The number of carbonyl (C=O) groups excluding carboxylic acids is 1. The van der Waals surface area contributed by atoms with Gasteiger partial charge in [0, 0.05) is 22.7 Å². The normalized spacial score (nSPS) is 16.7. The maximum Gasteiger partial charge on any atom is 0.264 e. The van der Waals surface area contributed by atoms with Crippen LogP contribution >= 0.6 is 35.0 Å². The highest BCUT2D eigenvalue weighted by atomic mass is 35.5. The summed E-state index contributed by atoms with van der Waals surface area (Å²) >= 11 is 13.4. The van der Waals surface area contributed by atoms with Crippen molar-refractivity contribution in [1.29, 1.82) is 5.26 Å². The molecule has 4 rings (SSSR count). The maximum absolute atomic E-state index is 12.4. The smallest absolute Gasteiger partial charge is 0.264 e. The van der Waals surface area contributed by atoms with E-state index < -0.39 is 0 Å². The zero-order valence-electron chi connectivity index (χ0n) is 14.3. The van der Waals surface area contributed by atoms with E-state index in [1.807, 2.05) is 35.0 Å². The zero-order valence-corrected chi connectivity index (χ0v) is 16.6. The summed E-state index contributed by atoms with van der Waals surface area (Å²) in [6.07, 6.45) is 3.68. The van der Waals surface area contributed by atoms with Crippen LogP contribution in [0, 0.1) is 11.3 Å². The predicted molar refractivity (Wildman–Crippen MR) is 115 cm³/mol. The van der Waals surface area contributed by atoms with Gasteiger partial charge in [-0.15, -0.1) is 0 Å². The summed E-state index contributed by atoms with van der Waals surface area (Å²) in [6.45, 7) is 0.239. The fourth-order valence-corrected chi connectivity index (χ4v) is 4.07. The summed E-state index contributed by atoms with van der Waals surface area (Å²) in [7, 11) is 0. The van der Waals surface area contributed by atoms with E-state index in [2.05, 4.69) is 16.4 Å². The van der Waals surface area contributed by atoms with Gasteiger partial charge in [-0.25, -0.2) is 4.99 Å². The van der Waals surface area contributed by atoms with Crippen LogP contribution in [0.2, 0.25) is 10.0 Å². The maximum atomic E-state index is 12.4. The van der Waals surface area contributed by atoms with Crippen molar-refractivity contribution in [2.75, 3.05) is 0 Å². The molecule has 1 N–H and O–H groups in total. The van der Waals surface area contributed by atoms with E-state index in [0.717, 1.165) is 16.5 Å². The molecule has 1 aromatic heterocycles. The summed E-state index contributed by atoms with van der Waals surface area (Å²) in [6, 6.07) is 15.1. The second-order valence-electron chi connectivity index (χ2n) is 5.94. The molecule has 1 amide bonds. The van der Waals surface area contributed by atoms with Crippen molar-refractivity contribution in [1.82, 2.24) is 9.88 Å². The number of hydrogen-bond acceptors (Lipinski definition) is 4. The van der Waals surface area contributed by atoms with E-state index in [-0.39, 0.29) is 12.5 Å². The van der Waals surface area contributed by atoms with E-state index in [1.165, 1.54) is 11.8 Å². The van der Waals surface area contributed by atoms with Gasteiger partial charge in [0.15, 0.2) is 5.17 Å². The number of benzene rings is 2. The lowest BCUT2D eigenvalue weighted by Gasteiger charge is -2.00. The van der Waals surface area contributed by atoms with Crippen LogP contribution < -0.4 is 5.32 Å². The van der Waals surface area contributed by atoms with E-state index >= 15 is 0 Å². The number of halogens is 2. The topological polar surface area (TPSA) is 70.2 Å². The molecule has 1 saturated heterocycles. The number of rotatable bonds is 3. The Balaban J connectivity index is 1.69. The number of nitriles is 1. The van der Waals surface area contributed by atoms with Crippen molar-refractivity contribution >= 4 is 68.7 Å². The molecular weight excluding hydrogens is 415 g/mol. The van der Waals surface area contributed by atoms with Gasteiger partial charge in [0.05, 0.1) is 26.7 Å². The number of nitrogens with one attached hydrogen (secondary N) is 1. The number of thioether (sulfide) groups is 1. The van der Waals surface area contributed by atoms with Crippen LogP contribution in [0.25, 0.3) is 17.0 Å². The van der Waals surface area contributed by atoms with Crippen LogP contribution in [0.4, 0.5) is 5.69 Å². The largest absolute Gasteiger partial charge is 0.333 e. The second kappa shape index (κ2) is 7.72. The molecule has 5 nitrogen and oxygen atoms in total. The number of aromatic nitrogens is 1. The minimum absolute atomic E-state index is 0.237. The van der Waals surface area contributed by atoms with Crippen molar-refractivity contribution < 1.29 is 4.79 Å². The lowest BCUT2D eigenvalue weighted by atomic mass is 10.1. The summed E-state index contributed by atoms with van der Waals surface area (Å²) < 4.78 is 1.86. The molecule has 1 aliphatic rings. The molecule has 1 fully saturated rings. The highest BCUT2D eigenvalue weighted by Gasteiger charge is 2.24. The first-order valence-electron chi connectivity index (χ1n) is 8.25. The molecule has 2 heterocycles. The van der Waals surface area contributed by atoms with Crippen LogP contribution in [0.3, 0.4) is 0 Å². The van der Waals surface area contributed by atoms with Gasteiger partial charge in [0.2, 0.25) is 0 Å². The fourth-order valence-electron chi connectivity index (χ4n) is 2.91. The molecule has 0 unspecified atom stereocenters. The SMILES string of the molecule is N#CCn1cc(/C=C2/SC(=Nc3cccc(Cl)c3Cl)NC2=O)c2ccccc21. The summed E-state index contributed by atoms with van der Waals surface area (Å²) in [5, 5.41) is 13.9. The fraction of sp³-hybridized carbons (Fsp3) is 0.0500. The first kappa shape index (κ1) is 18.6. The first-order chi connectivity index (χ1) is 13.6. The Kier molecular flexibility index (Phi) is 5.14. The Morgan fingerprint density at radius 1 is 1.21 bits per heavy atom. The zero-order chi connectivity index (χ0) is 19.7. The van der Waals surface area contributed by atoms with Crippen molar-refractivity contribution in [3.05, 3.63) is 69.2 Å². The molecule has 0 spiro atoms. The number of hydrogen-bond donors (Lipinski definition) is 1. The molecule has 0 radical (unpaired) electrons. The number of carbonyl (C=O) groups is 1. The number of amides is 1. The van der Waals surface area contributed by atoms with E-state index in [1.54, 1.807) is 24.3 Å². The number of fused-ring (bicyclic) bond motifs is 1. The summed E-state index contributed by atoms with van der Waals surface area (Å²) in [5.41, 5.74) is 2.30. The summed E-state index contributed by atoms with van der Waals surface area (Å²) in [5.74, 6) is -0.237. The highest BCUT2D eigenvalue weighted by molar-refractivity contribution is 8.18. The Morgan fingerprint density at radius 2 is 2.04 bits per heavy atom. The molecular formula is C20H12Cl2N4OS. The lowest BCUT2D eigenvalue weighted by Crippen LogP contribution is -2.19. The first-order valence-corrected chi connectivity index (χ1v) is 9.82. The van der Waals surface area contributed by atoms with Gasteiger partial charge in [-0.1, -0.05) is 47.5 Å².